The fraction of sp³-hybridized carbons (Fsp3) is 0.412. The molecule has 7 heteroatoms. The summed E-state index contributed by atoms with van der Waals surface area (Å²) in [5.74, 6) is 0.530. The topological polar surface area (TPSA) is 24.5 Å². The summed E-state index contributed by atoms with van der Waals surface area (Å²) in [5.41, 5.74) is 0.595. The fourth-order valence-corrected chi connectivity index (χ4v) is 3.19. The fourth-order valence-electron chi connectivity index (χ4n) is 3.19. The molecule has 0 amide bonds. The van der Waals surface area contributed by atoms with Gasteiger partial charge in [-0.1, -0.05) is 30.3 Å². The number of hydrogen-bond acceptors (Lipinski definition) is 3. The average molecular weight is 379 g/mol. The van der Waals surface area contributed by atoms with Crippen molar-refractivity contribution in [3.63, 3.8) is 0 Å². The second-order valence-electron chi connectivity index (χ2n) is 5.47. The monoisotopic (exact) mass is 378 g/mol. The van der Waals surface area contributed by atoms with Crippen LogP contribution in [0.25, 0.3) is 10.8 Å². The van der Waals surface area contributed by atoms with E-state index < -0.39 is 12.5 Å². The first-order valence-corrected chi connectivity index (χ1v) is 7.51. The molecule has 0 unspecified atom stereocenters. The molecular weight excluding hydrogens is 357 g/mol. The Balaban J connectivity index is 0.00000144. The van der Waals surface area contributed by atoms with E-state index >= 15 is 0 Å². The van der Waals surface area contributed by atoms with E-state index in [1.807, 2.05) is 35.2 Å². The molecule has 0 saturated carbocycles. The number of benzene rings is 2. The number of piperazine rings is 1. The number of fused-ring (bicyclic) bond motifs is 1. The van der Waals surface area contributed by atoms with Gasteiger partial charge in [0.05, 0.1) is 7.11 Å². The molecule has 0 aliphatic carbocycles. The maximum atomic E-state index is 13.9. The van der Waals surface area contributed by atoms with Crippen LogP contribution in [0.4, 0.5) is 8.78 Å². The molecule has 0 aromatic heterocycles. The number of halogens is 4. The van der Waals surface area contributed by atoms with Gasteiger partial charge >= 0.3 is 0 Å². The van der Waals surface area contributed by atoms with Gasteiger partial charge in [0.25, 0.3) is 6.43 Å². The zero-order valence-electron chi connectivity index (χ0n) is 13.4. The Kier molecular flexibility index (Phi) is 8.16. The molecule has 1 N–H and O–H groups in total. The lowest BCUT2D eigenvalue weighted by Gasteiger charge is -2.35. The van der Waals surface area contributed by atoms with Gasteiger partial charge in [0.1, 0.15) is 11.8 Å². The minimum atomic E-state index is -2.46. The van der Waals surface area contributed by atoms with Crippen LogP contribution >= 0.6 is 24.8 Å². The van der Waals surface area contributed by atoms with Crippen molar-refractivity contribution in [2.24, 2.45) is 0 Å². The van der Waals surface area contributed by atoms with Gasteiger partial charge in [-0.3, -0.25) is 4.90 Å². The lowest BCUT2D eigenvalue weighted by Crippen LogP contribution is -2.47. The van der Waals surface area contributed by atoms with Crippen molar-refractivity contribution in [3.8, 4) is 5.75 Å². The normalized spacial score (nSPS) is 16.3. The van der Waals surface area contributed by atoms with E-state index in [2.05, 4.69) is 5.32 Å². The molecule has 1 aliphatic heterocycles. The van der Waals surface area contributed by atoms with Gasteiger partial charge in [-0.2, -0.15) is 0 Å². The van der Waals surface area contributed by atoms with Crippen molar-refractivity contribution in [3.05, 3.63) is 42.0 Å². The summed E-state index contributed by atoms with van der Waals surface area (Å²) in [6.07, 6.45) is -2.46. The summed E-state index contributed by atoms with van der Waals surface area (Å²) in [6, 6.07) is 10.4. The quantitative estimate of drug-likeness (QED) is 0.872. The summed E-state index contributed by atoms with van der Waals surface area (Å²) >= 11 is 0. The predicted octanol–water partition coefficient (Wildman–Crippen LogP) is 3.90. The van der Waals surface area contributed by atoms with Crippen molar-refractivity contribution in [2.75, 3.05) is 33.3 Å². The van der Waals surface area contributed by atoms with Crippen molar-refractivity contribution >= 4 is 35.6 Å². The second-order valence-corrected chi connectivity index (χ2v) is 5.47. The Labute approximate surface area is 153 Å². The minimum Gasteiger partial charge on any atom is -0.496 e. The molecule has 24 heavy (non-hydrogen) atoms. The number of nitrogens with zero attached hydrogens (tertiary/aromatic N) is 1. The Hall–Kier alpha value is -1.14. The van der Waals surface area contributed by atoms with Crippen LogP contribution in [0.5, 0.6) is 5.75 Å². The van der Waals surface area contributed by atoms with E-state index in [0.717, 1.165) is 23.9 Å². The Morgan fingerprint density at radius 3 is 2.33 bits per heavy atom. The Bertz CT molecular complexity index is 652. The van der Waals surface area contributed by atoms with Crippen LogP contribution in [0, 0.1) is 0 Å². The molecule has 1 fully saturated rings. The molecule has 3 rings (SSSR count). The highest BCUT2D eigenvalue weighted by atomic mass is 35.5. The largest absolute Gasteiger partial charge is 0.496 e. The van der Waals surface area contributed by atoms with Crippen LogP contribution < -0.4 is 10.1 Å². The van der Waals surface area contributed by atoms with Crippen LogP contribution in [-0.4, -0.2) is 44.6 Å². The third kappa shape index (κ3) is 4.09. The van der Waals surface area contributed by atoms with E-state index in [-0.39, 0.29) is 24.8 Å². The molecular formula is C17H22Cl2F2N2O. The van der Waals surface area contributed by atoms with Crippen LogP contribution in [0.15, 0.2) is 36.4 Å². The molecule has 1 heterocycles. The van der Waals surface area contributed by atoms with Crippen molar-refractivity contribution in [1.82, 2.24) is 10.2 Å². The van der Waals surface area contributed by atoms with E-state index in [1.54, 1.807) is 6.07 Å². The number of methoxy groups -OCH3 is 1. The molecule has 1 aliphatic rings. The first kappa shape index (κ1) is 20.9. The SMILES string of the molecule is COc1ccc2ccccc2c1[C@@H](C(F)F)N1CCNCC1.Cl.Cl. The van der Waals surface area contributed by atoms with Crippen LogP contribution in [0.2, 0.25) is 0 Å². The zero-order valence-corrected chi connectivity index (χ0v) is 15.0. The highest BCUT2D eigenvalue weighted by Crippen LogP contribution is 2.39. The van der Waals surface area contributed by atoms with E-state index in [9.17, 15) is 8.78 Å². The minimum absolute atomic E-state index is 0. The zero-order chi connectivity index (χ0) is 15.5. The van der Waals surface area contributed by atoms with Crippen LogP contribution in [0.3, 0.4) is 0 Å². The molecule has 0 bridgehead atoms. The lowest BCUT2D eigenvalue weighted by molar-refractivity contribution is 0.0178. The van der Waals surface area contributed by atoms with Gasteiger partial charge in [0, 0.05) is 31.7 Å². The highest BCUT2D eigenvalue weighted by Gasteiger charge is 2.33. The second kappa shape index (κ2) is 9.37. The maximum Gasteiger partial charge on any atom is 0.258 e. The van der Waals surface area contributed by atoms with Crippen molar-refractivity contribution < 1.29 is 13.5 Å². The maximum absolute atomic E-state index is 13.9. The summed E-state index contributed by atoms with van der Waals surface area (Å²) in [7, 11) is 1.54. The highest BCUT2D eigenvalue weighted by molar-refractivity contribution is 5.88. The molecule has 1 atom stereocenters. The smallest absolute Gasteiger partial charge is 0.258 e. The third-order valence-electron chi connectivity index (χ3n) is 4.23. The van der Waals surface area contributed by atoms with Crippen molar-refractivity contribution in [1.29, 1.82) is 0 Å². The molecule has 134 valence electrons. The van der Waals surface area contributed by atoms with E-state index in [1.165, 1.54) is 7.11 Å². The summed E-state index contributed by atoms with van der Waals surface area (Å²) in [6.45, 7) is 2.69. The summed E-state index contributed by atoms with van der Waals surface area (Å²) in [5, 5.41) is 5.00. The molecule has 0 radical (unpaired) electrons. The third-order valence-corrected chi connectivity index (χ3v) is 4.23. The number of alkyl halides is 2. The first-order chi connectivity index (χ1) is 10.7. The number of hydrogen-bond donors (Lipinski definition) is 1. The van der Waals surface area contributed by atoms with Gasteiger partial charge in [-0.25, -0.2) is 8.78 Å². The lowest BCUT2D eigenvalue weighted by atomic mass is 9.96. The summed E-state index contributed by atoms with van der Waals surface area (Å²) < 4.78 is 33.2. The van der Waals surface area contributed by atoms with Gasteiger partial charge in [0.15, 0.2) is 0 Å². The molecule has 1 saturated heterocycles. The molecule has 2 aromatic carbocycles. The average Bonchev–Trinajstić information content (AvgIpc) is 2.56. The standard InChI is InChI=1S/C17H20F2N2O.2ClH/c1-22-14-7-6-12-4-2-3-5-13(12)15(14)16(17(18)19)21-10-8-20-9-11-21;;/h2-7,16-17,20H,8-11H2,1H3;2*1H/t16-;;/m0../s1. The summed E-state index contributed by atoms with van der Waals surface area (Å²) in [4.78, 5) is 1.85. The Morgan fingerprint density at radius 1 is 1.04 bits per heavy atom. The molecule has 3 nitrogen and oxygen atoms in total. The molecule has 2 aromatic rings. The van der Waals surface area contributed by atoms with Gasteiger partial charge in [-0.15, -0.1) is 24.8 Å². The number of ether oxygens (including phenoxy) is 1. The first-order valence-electron chi connectivity index (χ1n) is 7.51. The van der Waals surface area contributed by atoms with Gasteiger partial charge in [0.2, 0.25) is 0 Å². The van der Waals surface area contributed by atoms with Crippen LogP contribution in [0.1, 0.15) is 11.6 Å². The van der Waals surface area contributed by atoms with E-state index in [4.69, 9.17) is 4.74 Å². The predicted molar refractivity (Wildman–Crippen MR) is 98.2 cm³/mol. The number of nitrogens with one attached hydrogen (secondary N) is 1. The Morgan fingerprint density at radius 2 is 1.71 bits per heavy atom. The van der Waals surface area contributed by atoms with E-state index in [0.29, 0.717) is 24.4 Å². The van der Waals surface area contributed by atoms with Gasteiger partial charge < -0.3 is 10.1 Å². The van der Waals surface area contributed by atoms with Crippen molar-refractivity contribution in [2.45, 2.75) is 12.5 Å². The van der Waals surface area contributed by atoms with Gasteiger partial charge in [-0.05, 0) is 16.8 Å². The van der Waals surface area contributed by atoms with Crippen LogP contribution in [-0.2, 0) is 0 Å². The molecule has 0 spiro atoms. The number of rotatable bonds is 4.